The summed E-state index contributed by atoms with van der Waals surface area (Å²) in [4.78, 5) is 22.0. The van der Waals surface area contributed by atoms with E-state index < -0.39 is 5.97 Å². The molecule has 1 rings (SSSR count). The van der Waals surface area contributed by atoms with E-state index >= 15 is 0 Å². The van der Waals surface area contributed by atoms with Crippen LogP contribution in [-0.4, -0.2) is 21.7 Å². The summed E-state index contributed by atoms with van der Waals surface area (Å²) in [6.45, 7) is 1.69. The number of carbonyl (C=O) groups is 2. The lowest BCUT2D eigenvalue weighted by Crippen LogP contribution is -2.11. The molecule has 1 atom stereocenters. The Morgan fingerprint density at radius 2 is 2.17 bits per heavy atom. The van der Waals surface area contributed by atoms with Crippen LogP contribution in [0.3, 0.4) is 0 Å². The van der Waals surface area contributed by atoms with E-state index in [-0.39, 0.29) is 10.6 Å². The molecule has 0 fully saturated rings. The highest BCUT2D eigenvalue weighted by Crippen LogP contribution is 2.18. The van der Waals surface area contributed by atoms with Crippen LogP contribution in [0.15, 0.2) is 24.3 Å². The Morgan fingerprint density at radius 3 is 2.67 bits per heavy atom. The summed E-state index contributed by atoms with van der Waals surface area (Å²) < 4.78 is 0. The van der Waals surface area contributed by atoms with Gasteiger partial charge in [0.05, 0.1) is 16.5 Å². The normalized spacial score (nSPS) is 12.1. The Bertz CT molecular complexity index is 556. The first kappa shape index (κ1) is 14.1. The van der Waals surface area contributed by atoms with Crippen LogP contribution in [0, 0.1) is 11.3 Å². The van der Waals surface area contributed by atoms with Crippen molar-refractivity contribution in [1.29, 1.82) is 5.26 Å². The van der Waals surface area contributed by atoms with Gasteiger partial charge in [-0.15, -0.1) is 0 Å². The van der Waals surface area contributed by atoms with Crippen LogP contribution >= 0.6 is 15.9 Å². The molecule has 18 heavy (non-hydrogen) atoms. The summed E-state index contributed by atoms with van der Waals surface area (Å²) in [5.41, 5.74) is 1.18. The van der Waals surface area contributed by atoms with Gasteiger partial charge in [-0.05, 0) is 36.8 Å². The molecule has 0 aliphatic carbocycles. The van der Waals surface area contributed by atoms with Crippen molar-refractivity contribution in [3.05, 3.63) is 41.0 Å². The van der Waals surface area contributed by atoms with Gasteiger partial charge in [0, 0.05) is 11.6 Å². The Labute approximate surface area is 113 Å². The standard InChI is InChI=1S/C13H10BrNO3/c1-8(14)13(18)11-4-2-9(7-15)6-10(11)3-5-12(16)17/h2-6,8H,1H3,(H,16,17). The third-order valence-electron chi connectivity index (χ3n) is 2.21. The van der Waals surface area contributed by atoms with Gasteiger partial charge in [0.15, 0.2) is 5.78 Å². The largest absolute Gasteiger partial charge is 0.478 e. The molecule has 1 aromatic carbocycles. The van der Waals surface area contributed by atoms with Crippen molar-refractivity contribution in [3.63, 3.8) is 0 Å². The fourth-order valence-corrected chi connectivity index (χ4v) is 1.62. The number of rotatable bonds is 4. The van der Waals surface area contributed by atoms with E-state index in [0.717, 1.165) is 6.08 Å². The number of carbonyl (C=O) groups excluding carboxylic acids is 1. The fraction of sp³-hybridized carbons (Fsp3) is 0.154. The molecule has 92 valence electrons. The minimum absolute atomic E-state index is 0.162. The SMILES string of the molecule is CC(Br)C(=O)c1ccc(C#N)cc1C=CC(=O)O. The molecule has 0 aliphatic heterocycles. The molecule has 1 N–H and O–H groups in total. The second-order valence-electron chi connectivity index (χ2n) is 3.57. The molecule has 1 unspecified atom stereocenters. The molecule has 1 aromatic rings. The summed E-state index contributed by atoms with van der Waals surface area (Å²) in [6, 6.07) is 6.49. The summed E-state index contributed by atoms with van der Waals surface area (Å²) >= 11 is 3.17. The molecule has 0 saturated carbocycles. The number of ketones is 1. The van der Waals surface area contributed by atoms with E-state index in [1.165, 1.54) is 24.3 Å². The van der Waals surface area contributed by atoms with E-state index in [1.807, 2.05) is 6.07 Å². The number of aliphatic carboxylic acids is 1. The minimum Gasteiger partial charge on any atom is -0.478 e. The molecule has 5 heteroatoms. The molecule has 0 aromatic heterocycles. The van der Waals surface area contributed by atoms with Crippen LogP contribution < -0.4 is 0 Å². The zero-order chi connectivity index (χ0) is 13.7. The molecular formula is C13H10BrNO3. The van der Waals surface area contributed by atoms with Crippen LogP contribution in [0.5, 0.6) is 0 Å². The van der Waals surface area contributed by atoms with Crippen LogP contribution in [0.4, 0.5) is 0 Å². The third-order valence-corrected chi connectivity index (χ3v) is 2.63. The monoisotopic (exact) mass is 307 g/mol. The molecule has 4 nitrogen and oxygen atoms in total. The van der Waals surface area contributed by atoms with Gasteiger partial charge >= 0.3 is 5.97 Å². The van der Waals surface area contributed by atoms with Gasteiger partial charge < -0.3 is 5.11 Å². The van der Waals surface area contributed by atoms with Gasteiger partial charge in [-0.3, -0.25) is 4.79 Å². The number of hydrogen-bond acceptors (Lipinski definition) is 3. The lowest BCUT2D eigenvalue weighted by atomic mass is 9.99. The lowest BCUT2D eigenvalue weighted by molar-refractivity contribution is -0.131. The third kappa shape index (κ3) is 3.54. The molecule has 0 amide bonds. The molecule has 0 bridgehead atoms. The maximum absolute atomic E-state index is 11.9. The number of alkyl halides is 1. The van der Waals surface area contributed by atoms with E-state index in [0.29, 0.717) is 16.7 Å². The van der Waals surface area contributed by atoms with Gasteiger partial charge in [0.25, 0.3) is 0 Å². The van der Waals surface area contributed by atoms with Crippen molar-refractivity contribution in [2.75, 3.05) is 0 Å². The molecule has 0 heterocycles. The highest BCUT2D eigenvalue weighted by atomic mass is 79.9. The number of nitrogens with zero attached hydrogens (tertiary/aromatic N) is 1. The Morgan fingerprint density at radius 1 is 1.50 bits per heavy atom. The van der Waals surface area contributed by atoms with E-state index in [4.69, 9.17) is 10.4 Å². The summed E-state index contributed by atoms with van der Waals surface area (Å²) in [5, 5.41) is 17.4. The van der Waals surface area contributed by atoms with Gasteiger partial charge in [0.1, 0.15) is 0 Å². The van der Waals surface area contributed by atoms with Crippen LogP contribution in [-0.2, 0) is 4.79 Å². The van der Waals surface area contributed by atoms with Crippen molar-refractivity contribution in [1.82, 2.24) is 0 Å². The zero-order valence-electron chi connectivity index (χ0n) is 9.55. The number of benzene rings is 1. The van der Waals surface area contributed by atoms with E-state index in [2.05, 4.69) is 15.9 Å². The number of carboxylic acid groups (broad SMARTS) is 1. The van der Waals surface area contributed by atoms with Gasteiger partial charge in [0.2, 0.25) is 0 Å². The van der Waals surface area contributed by atoms with Gasteiger partial charge in [-0.25, -0.2) is 4.79 Å². The second-order valence-corrected chi connectivity index (χ2v) is 4.94. The van der Waals surface area contributed by atoms with Crippen LogP contribution in [0.25, 0.3) is 6.08 Å². The smallest absolute Gasteiger partial charge is 0.328 e. The summed E-state index contributed by atoms with van der Waals surface area (Å²) in [7, 11) is 0. The minimum atomic E-state index is -1.11. The Hall–Kier alpha value is -1.93. The number of Topliss-reactive ketones (excluding diaryl/α,β-unsaturated/α-hetero) is 1. The zero-order valence-corrected chi connectivity index (χ0v) is 11.1. The Kier molecular flexibility index (Phi) is 4.81. The highest BCUT2D eigenvalue weighted by molar-refractivity contribution is 9.10. The van der Waals surface area contributed by atoms with Crippen molar-refractivity contribution in [2.24, 2.45) is 0 Å². The van der Waals surface area contributed by atoms with Crippen molar-refractivity contribution >= 4 is 33.8 Å². The number of hydrogen-bond donors (Lipinski definition) is 1. The van der Waals surface area contributed by atoms with Gasteiger partial charge in [-0.2, -0.15) is 5.26 Å². The van der Waals surface area contributed by atoms with Crippen molar-refractivity contribution < 1.29 is 14.7 Å². The first-order valence-electron chi connectivity index (χ1n) is 5.09. The average Bonchev–Trinajstić information content (AvgIpc) is 2.34. The predicted octanol–water partition coefficient (Wildman–Crippen LogP) is 2.62. The van der Waals surface area contributed by atoms with Gasteiger partial charge in [-0.1, -0.05) is 15.9 Å². The first-order chi connectivity index (χ1) is 8.45. The molecular weight excluding hydrogens is 298 g/mol. The maximum atomic E-state index is 11.9. The van der Waals surface area contributed by atoms with Crippen LogP contribution in [0.1, 0.15) is 28.4 Å². The Balaban J connectivity index is 3.30. The number of nitriles is 1. The molecule has 0 saturated heterocycles. The van der Waals surface area contributed by atoms with Crippen LogP contribution in [0.2, 0.25) is 0 Å². The predicted molar refractivity (Wildman–Crippen MR) is 70.5 cm³/mol. The highest BCUT2D eigenvalue weighted by Gasteiger charge is 2.15. The maximum Gasteiger partial charge on any atom is 0.328 e. The van der Waals surface area contributed by atoms with Crippen molar-refractivity contribution in [2.45, 2.75) is 11.8 Å². The van der Waals surface area contributed by atoms with E-state index in [9.17, 15) is 9.59 Å². The number of halogens is 1. The number of carboxylic acids is 1. The van der Waals surface area contributed by atoms with E-state index in [1.54, 1.807) is 6.92 Å². The molecule has 0 spiro atoms. The average molecular weight is 308 g/mol. The van der Waals surface area contributed by atoms with Crippen molar-refractivity contribution in [3.8, 4) is 6.07 Å². The topological polar surface area (TPSA) is 78.2 Å². The summed E-state index contributed by atoms with van der Waals surface area (Å²) in [6.07, 6.45) is 2.25. The molecule has 0 aliphatic rings. The quantitative estimate of drug-likeness (QED) is 0.527. The lowest BCUT2D eigenvalue weighted by Gasteiger charge is -2.07. The summed E-state index contributed by atoms with van der Waals surface area (Å²) in [5.74, 6) is -1.27. The molecule has 0 radical (unpaired) electrons. The first-order valence-corrected chi connectivity index (χ1v) is 6.00. The fourth-order valence-electron chi connectivity index (χ4n) is 1.37. The second kappa shape index (κ2) is 6.12.